The summed E-state index contributed by atoms with van der Waals surface area (Å²) in [5.74, 6) is 0.531. The summed E-state index contributed by atoms with van der Waals surface area (Å²) in [6.45, 7) is 4.26. The fourth-order valence-corrected chi connectivity index (χ4v) is 3.57. The predicted octanol–water partition coefficient (Wildman–Crippen LogP) is 2.22. The lowest BCUT2D eigenvalue weighted by atomic mass is 9.99. The van der Waals surface area contributed by atoms with Crippen LogP contribution in [0.5, 0.6) is 0 Å². The number of hydrogen-bond acceptors (Lipinski definition) is 5. The summed E-state index contributed by atoms with van der Waals surface area (Å²) in [5.41, 5.74) is 1.25. The quantitative estimate of drug-likeness (QED) is 0.865. The Bertz CT molecular complexity index is 532. The third kappa shape index (κ3) is 2.88. The van der Waals surface area contributed by atoms with Gasteiger partial charge < -0.3 is 10.1 Å². The van der Waals surface area contributed by atoms with E-state index in [0.717, 1.165) is 5.82 Å². The van der Waals surface area contributed by atoms with Gasteiger partial charge in [0.1, 0.15) is 5.82 Å². The monoisotopic (exact) mass is 289 g/mol. The van der Waals surface area contributed by atoms with Crippen molar-refractivity contribution in [1.82, 2.24) is 9.88 Å². The van der Waals surface area contributed by atoms with Gasteiger partial charge >= 0.3 is 5.97 Å². The zero-order valence-corrected chi connectivity index (χ0v) is 12.8. The number of anilines is 1. The molecule has 5 heteroatoms. The van der Waals surface area contributed by atoms with Gasteiger partial charge in [0.2, 0.25) is 0 Å². The van der Waals surface area contributed by atoms with Crippen molar-refractivity contribution >= 4 is 11.8 Å². The van der Waals surface area contributed by atoms with Crippen molar-refractivity contribution in [2.24, 2.45) is 0 Å². The number of rotatable bonds is 3. The van der Waals surface area contributed by atoms with Crippen LogP contribution in [-0.4, -0.2) is 48.1 Å². The molecule has 5 nitrogen and oxygen atoms in total. The number of nitrogens with one attached hydrogen (secondary N) is 1. The first-order valence-electron chi connectivity index (χ1n) is 7.75. The number of carbonyl (C=O) groups excluding carboxylic acids is 1. The minimum atomic E-state index is -0.328. The van der Waals surface area contributed by atoms with Crippen molar-refractivity contribution in [3.63, 3.8) is 0 Å². The van der Waals surface area contributed by atoms with Crippen LogP contribution in [0.3, 0.4) is 0 Å². The largest absolute Gasteiger partial charge is 0.465 e. The molecule has 2 saturated heterocycles. The van der Waals surface area contributed by atoms with Gasteiger partial charge in [0.15, 0.2) is 0 Å². The molecule has 0 radical (unpaired) electrons. The van der Waals surface area contributed by atoms with Crippen LogP contribution in [0, 0.1) is 6.92 Å². The molecule has 2 aliphatic heterocycles. The second kappa shape index (κ2) is 6.02. The molecule has 2 atom stereocenters. The molecule has 0 saturated carbocycles. The van der Waals surface area contributed by atoms with E-state index in [1.165, 1.54) is 45.9 Å². The highest BCUT2D eigenvalue weighted by atomic mass is 16.5. The molecule has 2 aliphatic rings. The molecular formula is C16H23N3O2. The molecule has 1 aromatic heterocycles. The van der Waals surface area contributed by atoms with Gasteiger partial charge in [0.25, 0.3) is 0 Å². The Hall–Kier alpha value is -1.62. The SMILES string of the molecule is COC(=O)c1ccc(NC2CCN3CCCCC23)nc1C. The number of carbonyl (C=O) groups is 1. The summed E-state index contributed by atoms with van der Waals surface area (Å²) >= 11 is 0. The third-order valence-corrected chi connectivity index (χ3v) is 4.68. The van der Waals surface area contributed by atoms with Crippen molar-refractivity contribution in [2.45, 2.75) is 44.7 Å². The normalized spacial score (nSPS) is 25.4. The molecule has 3 heterocycles. The van der Waals surface area contributed by atoms with E-state index < -0.39 is 0 Å². The summed E-state index contributed by atoms with van der Waals surface area (Å²) in [6, 6.07) is 4.79. The minimum absolute atomic E-state index is 0.328. The average molecular weight is 289 g/mol. The second-order valence-corrected chi connectivity index (χ2v) is 5.96. The lowest BCUT2D eigenvalue weighted by Gasteiger charge is -2.32. The van der Waals surface area contributed by atoms with E-state index >= 15 is 0 Å². The number of methoxy groups -OCH3 is 1. The highest BCUT2D eigenvalue weighted by Crippen LogP contribution is 2.29. The molecule has 1 N–H and O–H groups in total. The lowest BCUT2D eigenvalue weighted by molar-refractivity contribution is 0.0599. The third-order valence-electron chi connectivity index (χ3n) is 4.68. The first-order valence-corrected chi connectivity index (χ1v) is 7.75. The first kappa shape index (κ1) is 14.3. The van der Waals surface area contributed by atoms with E-state index in [1.807, 2.05) is 13.0 Å². The number of aromatic nitrogens is 1. The number of nitrogens with zero attached hydrogens (tertiary/aromatic N) is 2. The number of hydrogen-bond donors (Lipinski definition) is 1. The Morgan fingerprint density at radius 2 is 2.19 bits per heavy atom. The molecule has 0 bridgehead atoms. The van der Waals surface area contributed by atoms with Crippen molar-refractivity contribution in [3.05, 3.63) is 23.4 Å². The maximum atomic E-state index is 11.6. The molecule has 0 aliphatic carbocycles. The molecule has 0 amide bonds. The van der Waals surface area contributed by atoms with Crippen LogP contribution in [0.15, 0.2) is 12.1 Å². The number of fused-ring (bicyclic) bond motifs is 1. The van der Waals surface area contributed by atoms with Crippen LogP contribution in [-0.2, 0) is 4.74 Å². The molecule has 0 spiro atoms. The van der Waals surface area contributed by atoms with Crippen LogP contribution in [0.25, 0.3) is 0 Å². The van der Waals surface area contributed by atoms with Gasteiger partial charge in [-0.15, -0.1) is 0 Å². The number of ether oxygens (including phenoxy) is 1. The zero-order valence-electron chi connectivity index (χ0n) is 12.8. The van der Waals surface area contributed by atoms with Gasteiger partial charge in [-0.25, -0.2) is 9.78 Å². The number of piperidine rings is 1. The standard InChI is InChI=1S/C16H23N3O2/c1-11-12(16(20)21-2)6-7-15(17-11)18-13-8-10-19-9-4-3-5-14(13)19/h6-7,13-14H,3-5,8-10H2,1-2H3,(H,17,18). The summed E-state index contributed by atoms with van der Waals surface area (Å²) in [7, 11) is 1.39. The number of pyridine rings is 1. The topological polar surface area (TPSA) is 54.5 Å². The van der Waals surface area contributed by atoms with Crippen molar-refractivity contribution in [1.29, 1.82) is 0 Å². The highest BCUT2D eigenvalue weighted by Gasteiger charge is 2.35. The second-order valence-electron chi connectivity index (χ2n) is 5.96. The molecule has 0 aromatic carbocycles. The molecule has 21 heavy (non-hydrogen) atoms. The fourth-order valence-electron chi connectivity index (χ4n) is 3.57. The Balaban J connectivity index is 1.70. The van der Waals surface area contributed by atoms with Crippen LogP contribution >= 0.6 is 0 Å². The van der Waals surface area contributed by atoms with E-state index in [0.29, 0.717) is 23.3 Å². The molecule has 1 aromatic rings. The van der Waals surface area contributed by atoms with Crippen molar-refractivity contribution in [3.8, 4) is 0 Å². The van der Waals surface area contributed by atoms with E-state index in [2.05, 4.69) is 15.2 Å². The molecule has 114 valence electrons. The van der Waals surface area contributed by atoms with Crippen molar-refractivity contribution < 1.29 is 9.53 Å². The van der Waals surface area contributed by atoms with Crippen LogP contribution < -0.4 is 5.32 Å². The van der Waals surface area contributed by atoms with Crippen LogP contribution in [0.2, 0.25) is 0 Å². The van der Waals surface area contributed by atoms with Crippen LogP contribution in [0.1, 0.15) is 41.7 Å². The Morgan fingerprint density at radius 3 is 2.95 bits per heavy atom. The first-order chi connectivity index (χ1) is 10.2. The zero-order chi connectivity index (χ0) is 14.8. The number of aryl methyl sites for hydroxylation is 1. The fraction of sp³-hybridized carbons (Fsp3) is 0.625. The van der Waals surface area contributed by atoms with Gasteiger partial charge in [-0.1, -0.05) is 6.42 Å². The summed E-state index contributed by atoms with van der Waals surface area (Å²) in [6.07, 6.45) is 5.10. The van der Waals surface area contributed by atoms with E-state index in [4.69, 9.17) is 4.74 Å². The Morgan fingerprint density at radius 1 is 1.33 bits per heavy atom. The van der Waals surface area contributed by atoms with E-state index in [1.54, 1.807) is 6.07 Å². The van der Waals surface area contributed by atoms with Gasteiger partial charge in [0.05, 0.1) is 18.4 Å². The van der Waals surface area contributed by atoms with Gasteiger partial charge in [-0.2, -0.15) is 0 Å². The van der Waals surface area contributed by atoms with E-state index in [9.17, 15) is 4.79 Å². The smallest absolute Gasteiger partial charge is 0.339 e. The lowest BCUT2D eigenvalue weighted by Crippen LogP contribution is -2.41. The molecular weight excluding hydrogens is 266 g/mol. The van der Waals surface area contributed by atoms with Gasteiger partial charge in [-0.3, -0.25) is 4.90 Å². The van der Waals surface area contributed by atoms with Gasteiger partial charge in [-0.05, 0) is 44.9 Å². The Kier molecular flexibility index (Phi) is 4.10. The van der Waals surface area contributed by atoms with Crippen molar-refractivity contribution in [2.75, 3.05) is 25.5 Å². The van der Waals surface area contributed by atoms with E-state index in [-0.39, 0.29) is 5.97 Å². The number of esters is 1. The molecule has 3 rings (SSSR count). The average Bonchev–Trinajstić information content (AvgIpc) is 2.90. The van der Waals surface area contributed by atoms with Gasteiger partial charge in [0, 0.05) is 18.6 Å². The molecule has 2 unspecified atom stereocenters. The predicted molar refractivity (Wildman–Crippen MR) is 81.6 cm³/mol. The summed E-state index contributed by atoms with van der Waals surface area (Å²) in [5, 5.41) is 3.56. The molecule has 2 fully saturated rings. The summed E-state index contributed by atoms with van der Waals surface area (Å²) in [4.78, 5) is 18.7. The minimum Gasteiger partial charge on any atom is -0.465 e. The van der Waals surface area contributed by atoms with Crippen LogP contribution in [0.4, 0.5) is 5.82 Å². The maximum absolute atomic E-state index is 11.6. The summed E-state index contributed by atoms with van der Waals surface area (Å²) < 4.78 is 4.76. The highest BCUT2D eigenvalue weighted by molar-refractivity contribution is 5.90. The Labute approximate surface area is 125 Å². The maximum Gasteiger partial charge on any atom is 0.339 e.